The zero-order valence-corrected chi connectivity index (χ0v) is 23.0. The number of thioether (sulfide) groups is 1. The first-order valence-electron chi connectivity index (χ1n) is 12.1. The third kappa shape index (κ3) is 6.63. The van der Waals surface area contributed by atoms with Crippen molar-refractivity contribution < 1.29 is 23.5 Å². The van der Waals surface area contributed by atoms with Crippen LogP contribution in [-0.4, -0.2) is 39.0 Å². The lowest BCUT2D eigenvalue weighted by molar-refractivity contribution is -0.113. The second kappa shape index (κ2) is 12.7. The number of aromatic nitrogens is 3. The molecule has 2 aromatic heterocycles. The number of ether oxygens (including phenoxy) is 2. The minimum absolute atomic E-state index is 0.0859. The number of thiophene rings is 1. The molecule has 2 heterocycles. The quantitative estimate of drug-likeness (QED) is 0.185. The molecule has 0 aliphatic heterocycles. The molecule has 0 atom stereocenters. The highest BCUT2D eigenvalue weighted by Crippen LogP contribution is 2.38. The Kier molecular flexibility index (Phi) is 9.44. The van der Waals surface area contributed by atoms with E-state index in [2.05, 4.69) is 15.5 Å². The van der Waals surface area contributed by atoms with Crippen molar-refractivity contribution in [3.8, 4) is 5.75 Å². The molecule has 3 aromatic rings. The van der Waals surface area contributed by atoms with Crippen molar-refractivity contribution in [1.82, 2.24) is 14.8 Å². The van der Waals surface area contributed by atoms with E-state index in [0.717, 1.165) is 42.5 Å². The van der Waals surface area contributed by atoms with Crippen LogP contribution in [0.25, 0.3) is 0 Å². The zero-order valence-electron chi connectivity index (χ0n) is 20.6. The molecule has 1 N–H and O–H groups in total. The molecule has 0 radical (unpaired) electrons. The molecule has 4 rings (SSSR count). The van der Waals surface area contributed by atoms with Gasteiger partial charge in [-0.2, -0.15) is 0 Å². The van der Waals surface area contributed by atoms with Crippen LogP contribution >= 0.6 is 34.7 Å². The highest BCUT2D eigenvalue weighted by atomic mass is 35.5. The lowest BCUT2D eigenvalue weighted by Gasteiger charge is -2.10. The van der Waals surface area contributed by atoms with Crippen LogP contribution in [0.1, 0.15) is 59.7 Å². The lowest BCUT2D eigenvalue weighted by atomic mass is 10.1. The second-order valence-corrected chi connectivity index (χ2v) is 10.8. The number of carbonyl (C=O) groups is 2. The molecule has 0 unspecified atom stereocenters. The number of nitrogens with zero attached hydrogens (tertiary/aromatic N) is 3. The smallest absolute Gasteiger partial charge is 0.341 e. The summed E-state index contributed by atoms with van der Waals surface area (Å²) in [5, 5.41) is 12.6. The van der Waals surface area contributed by atoms with E-state index in [4.69, 9.17) is 21.1 Å². The van der Waals surface area contributed by atoms with Gasteiger partial charge in [-0.15, -0.1) is 21.5 Å². The Bertz CT molecular complexity index is 1280. The van der Waals surface area contributed by atoms with E-state index in [1.54, 1.807) is 6.92 Å². The third-order valence-corrected chi connectivity index (χ3v) is 8.32. The average molecular weight is 567 g/mol. The molecular weight excluding hydrogens is 539 g/mol. The molecular formula is C25H28ClFN4O4S2. The van der Waals surface area contributed by atoms with Crippen molar-refractivity contribution >= 4 is 51.6 Å². The van der Waals surface area contributed by atoms with Crippen LogP contribution in [-0.2, 0) is 35.5 Å². The van der Waals surface area contributed by atoms with Gasteiger partial charge in [-0.3, -0.25) is 4.79 Å². The van der Waals surface area contributed by atoms with Gasteiger partial charge >= 0.3 is 5.97 Å². The maximum Gasteiger partial charge on any atom is 0.341 e. The molecule has 0 bridgehead atoms. The maximum atomic E-state index is 13.3. The van der Waals surface area contributed by atoms with Gasteiger partial charge in [0.2, 0.25) is 5.91 Å². The summed E-state index contributed by atoms with van der Waals surface area (Å²) < 4.78 is 26.1. The van der Waals surface area contributed by atoms with E-state index in [-0.39, 0.29) is 35.9 Å². The van der Waals surface area contributed by atoms with Crippen LogP contribution in [0.4, 0.5) is 9.39 Å². The number of amides is 1. The number of aryl methyl sites for hydroxylation is 1. The van der Waals surface area contributed by atoms with Crippen molar-refractivity contribution in [3.05, 3.63) is 50.9 Å². The summed E-state index contributed by atoms with van der Waals surface area (Å²) in [7, 11) is 0. The number of fused-ring (bicyclic) bond motifs is 1. The molecule has 1 aromatic carbocycles. The predicted molar refractivity (Wildman–Crippen MR) is 142 cm³/mol. The average Bonchev–Trinajstić information content (AvgIpc) is 3.34. The molecule has 12 heteroatoms. The summed E-state index contributed by atoms with van der Waals surface area (Å²) >= 11 is 8.75. The normalized spacial score (nSPS) is 13.1. The van der Waals surface area contributed by atoms with E-state index in [1.165, 1.54) is 41.3 Å². The number of halogens is 2. The van der Waals surface area contributed by atoms with Crippen molar-refractivity contribution in [3.63, 3.8) is 0 Å². The van der Waals surface area contributed by atoms with E-state index in [9.17, 15) is 14.0 Å². The Balaban J connectivity index is 1.41. The lowest BCUT2D eigenvalue weighted by Crippen LogP contribution is -2.17. The SMILES string of the molecule is CCOC(=O)c1c(NC(=O)CSc2nnc(COc3ccc(F)cc3Cl)n2CC)sc2c1CCCCC2. The summed E-state index contributed by atoms with van der Waals surface area (Å²) in [6.45, 7) is 4.64. The number of esters is 1. The third-order valence-electron chi connectivity index (χ3n) is 5.85. The van der Waals surface area contributed by atoms with Crippen LogP contribution < -0.4 is 10.1 Å². The minimum atomic E-state index is -0.446. The molecule has 1 aliphatic rings. The summed E-state index contributed by atoms with van der Waals surface area (Å²) in [4.78, 5) is 26.8. The number of hydrogen-bond acceptors (Lipinski definition) is 8. The van der Waals surface area contributed by atoms with E-state index in [1.807, 2.05) is 11.5 Å². The zero-order chi connectivity index (χ0) is 26.4. The highest BCUT2D eigenvalue weighted by molar-refractivity contribution is 7.99. The topological polar surface area (TPSA) is 95.3 Å². The van der Waals surface area contributed by atoms with E-state index >= 15 is 0 Å². The first-order valence-corrected chi connectivity index (χ1v) is 14.3. The van der Waals surface area contributed by atoms with Gasteiger partial charge in [0.25, 0.3) is 0 Å². The Morgan fingerprint density at radius 3 is 2.78 bits per heavy atom. The predicted octanol–water partition coefficient (Wildman–Crippen LogP) is 5.91. The number of hydrogen-bond donors (Lipinski definition) is 1. The van der Waals surface area contributed by atoms with Crippen molar-refractivity contribution in [2.75, 3.05) is 17.7 Å². The number of carbonyl (C=O) groups excluding carboxylic acids is 2. The van der Waals surface area contributed by atoms with Crippen LogP contribution in [0, 0.1) is 5.82 Å². The molecule has 37 heavy (non-hydrogen) atoms. The number of benzene rings is 1. The largest absolute Gasteiger partial charge is 0.484 e. The Hall–Kier alpha value is -2.63. The highest BCUT2D eigenvalue weighted by Gasteiger charge is 2.27. The Morgan fingerprint density at radius 1 is 1.22 bits per heavy atom. The van der Waals surface area contributed by atoms with Gasteiger partial charge in [-0.25, -0.2) is 9.18 Å². The van der Waals surface area contributed by atoms with Crippen LogP contribution in [0.15, 0.2) is 23.4 Å². The van der Waals surface area contributed by atoms with Crippen LogP contribution in [0.5, 0.6) is 5.75 Å². The van der Waals surface area contributed by atoms with Crippen molar-refractivity contribution in [2.24, 2.45) is 0 Å². The summed E-state index contributed by atoms with van der Waals surface area (Å²) in [5.74, 6) is -0.0896. The van der Waals surface area contributed by atoms with Gasteiger partial charge < -0.3 is 19.4 Å². The molecule has 0 saturated carbocycles. The minimum Gasteiger partial charge on any atom is -0.484 e. The number of rotatable bonds is 10. The standard InChI is InChI=1S/C25H28ClFN4O4S2/c1-3-31-20(13-35-18-11-10-15(27)12-17(18)26)29-30-25(31)36-14-21(32)28-23-22(24(33)34-4-2)16-8-6-5-7-9-19(16)37-23/h10-12H,3-9,13-14H2,1-2H3,(H,28,32). The molecule has 198 valence electrons. The van der Waals surface area contributed by atoms with Crippen molar-refractivity contribution in [2.45, 2.75) is 64.3 Å². The summed E-state index contributed by atoms with van der Waals surface area (Å²) in [5.41, 5.74) is 1.51. The fourth-order valence-corrected chi connectivity index (χ4v) is 6.46. The van der Waals surface area contributed by atoms with Crippen molar-refractivity contribution in [1.29, 1.82) is 0 Å². The maximum absolute atomic E-state index is 13.3. The van der Waals surface area contributed by atoms with Gasteiger partial charge in [0.15, 0.2) is 11.0 Å². The number of anilines is 1. The summed E-state index contributed by atoms with van der Waals surface area (Å²) in [6, 6.07) is 3.91. The van der Waals surface area contributed by atoms with Crippen LogP contribution in [0.2, 0.25) is 5.02 Å². The molecule has 1 aliphatic carbocycles. The van der Waals surface area contributed by atoms with Crippen LogP contribution in [0.3, 0.4) is 0 Å². The Morgan fingerprint density at radius 2 is 2.03 bits per heavy atom. The Labute approximate surface area is 227 Å². The number of nitrogens with one attached hydrogen (secondary N) is 1. The molecule has 1 amide bonds. The first-order chi connectivity index (χ1) is 17.9. The molecule has 0 saturated heterocycles. The first kappa shape index (κ1) is 27.4. The fraction of sp³-hybridized carbons (Fsp3) is 0.440. The van der Waals surface area contributed by atoms with Gasteiger partial charge in [-0.05, 0) is 63.3 Å². The molecule has 0 spiro atoms. The van der Waals surface area contributed by atoms with Gasteiger partial charge in [0.05, 0.1) is 22.9 Å². The van der Waals surface area contributed by atoms with E-state index in [0.29, 0.717) is 33.8 Å². The molecule has 8 nitrogen and oxygen atoms in total. The van der Waals surface area contributed by atoms with Gasteiger partial charge in [-0.1, -0.05) is 29.8 Å². The van der Waals surface area contributed by atoms with E-state index < -0.39 is 5.82 Å². The molecule has 0 fully saturated rings. The monoisotopic (exact) mass is 566 g/mol. The van der Waals surface area contributed by atoms with Gasteiger partial charge in [0.1, 0.15) is 23.2 Å². The van der Waals surface area contributed by atoms with Gasteiger partial charge in [0, 0.05) is 11.4 Å². The second-order valence-electron chi connectivity index (χ2n) is 8.33. The fourth-order valence-electron chi connectivity index (χ4n) is 4.13. The summed E-state index contributed by atoms with van der Waals surface area (Å²) in [6.07, 6.45) is 4.95.